The van der Waals surface area contributed by atoms with Crippen molar-refractivity contribution in [3.63, 3.8) is 0 Å². The molecule has 5 aromatic rings. The van der Waals surface area contributed by atoms with Gasteiger partial charge in [-0.2, -0.15) is 30.7 Å². The normalized spacial score (nSPS) is 11.3. The fourth-order valence-corrected chi connectivity index (χ4v) is 3.69. The molecule has 0 spiro atoms. The van der Waals surface area contributed by atoms with Crippen molar-refractivity contribution in [2.75, 3.05) is 10.6 Å². The van der Waals surface area contributed by atoms with Crippen molar-refractivity contribution in [3.8, 4) is 0 Å². The molecule has 0 unspecified atom stereocenters. The summed E-state index contributed by atoms with van der Waals surface area (Å²) in [5.41, 5.74) is 9.60. The van der Waals surface area contributed by atoms with Gasteiger partial charge >= 0.3 is 12.1 Å². The first-order chi connectivity index (χ1) is 22.6. The highest BCUT2D eigenvalue weighted by molar-refractivity contribution is 5.91. The topological polar surface area (TPSA) is 169 Å². The highest BCUT2D eigenvalue weighted by Gasteiger charge is 2.02. The van der Waals surface area contributed by atoms with Crippen LogP contribution in [-0.2, 0) is 0 Å². The van der Waals surface area contributed by atoms with Crippen LogP contribution in [0.1, 0.15) is 11.4 Å². The molecular formula is C33H27N11O2. The zero-order valence-electron chi connectivity index (χ0n) is 24.2. The lowest BCUT2D eigenvalue weighted by molar-refractivity contribution is 0.251. The molecule has 0 atom stereocenters. The van der Waals surface area contributed by atoms with E-state index in [1.807, 2.05) is 60.7 Å². The minimum absolute atomic E-state index is 0.464. The van der Waals surface area contributed by atoms with E-state index in [9.17, 15) is 9.59 Å². The van der Waals surface area contributed by atoms with Crippen molar-refractivity contribution in [2.45, 2.75) is 0 Å². The summed E-state index contributed by atoms with van der Waals surface area (Å²) in [6.07, 6.45) is 2.76. The van der Waals surface area contributed by atoms with Crippen molar-refractivity contribution in [3.05, 3.63) is 139 Å². The van der Waals surface area contributed by atoms with Crippen LogP contribution in [0.25, 0.3) is 0 Å². The first-order valence-electron chi connectivity index (χ1n) is 13.9. The summed E-state index contributed by atoms with van der Waals surface area (Å²) in [6.45, 7) is 0. The molecule has 1 heterocycles. The average Bonchev–Trinajstić information content (AvgIpc) is 3.09. The van der Waals surface area contributed by atoms with Crippen LogP contribution in [0.3, 0.4) is 0 Å². The Bertz CT molecular complexity index is 1720. The van der Waals surface area contributed by atoms with E-state index in [1.54, 1.807) is 66.7 Å². The van der Waals surface area contributed by atoms with E-state index in [2.05, 4.69) is 57.1 Å². The standard InChI is InChI=1S/C33H27N11O2/c45-32(37-24-14-18-28(19-15-24)41-39-26-8-3-1-4-9-26)43-34-22-30-12-7-13-31(36-30)23-35-44-33(46)38-25-16-20-29(21-17-25)42-40-27-10-5-2-6-11-27/h1-23H,(H2,37,43,45)(H2,38,44,46). The second-order valence-corrected chi connectivity index (χ2v) is 9.30. The minimum atomic E-state index is -0.533. The SMILES string of the molecule is O=C(NN=Cc1cccc(C=NNC(=O)Nc2ccc(N=Nc3ccccc3)cc2)n1)Nc1ccc(N=Nc2ccccc2)cc1. The van der Waals surface area contributed by atoms with Gasteiger partial charge in [0.1, 0.15) is 0 Å². The quantitative estimate of drug-likeness (QED) is 0.0712. The third-order valence-corrected chi connectivity index (χ3v) is 5.84. The molecule has 0 saturated carbocycles. The Balaban J connectivity index is 1.04. The lowest BCUT2D eigenvalue weighted by Crippen LogP contribution is -2.24. The van der Waals surface area contributed by atoms with Gasteiger partial charge in [0.15, 0.2) is 0 Å². The molecule has 0 aliphatic heterocycles. The fraction of sp³-hybridized carbons (Fsp3) is 0. The Hall–Kier alpha value is -6.89. The van der Waals surface area contributed by atoms with E-state index in [-0.39, 0.29) is 0 Å². The van der Waals surface area contributed by atoms with E-state index in [4.69, 9.17) is 0 Å². The number of pyridine rings is 1. The molecule has 4 N–H and O–H groups in total. The summed E-state index contributed by atoms with van der Waals surface area (Å²) < 4.78 is 0. The lowest BCUT2D eigenvalue weighted by atomic mass is 10.3. The molecular weight excluding hydrogens is 582 g/mol. The first kappa shape index (κ1) is 30.6. The number of benzene rings is 4. The molecule has 13 heteroatoms. The number of carbonyl (C=O) groups excluding carboxylic acids is 2. The lowest BCUT2D eigenvalue weighted by Gasteiger charge is -2.04. The largest absolute Gasteiger partial charge is 0.339 e. The Morgan fingerprint density at radius 3 is 1.22 bits per heavy atom. The van der Waals surface area contributed by atoms with E-state index in [0.29, 0.717) is 34.1 Å². The molecule has 0 fully saturated rings. The highest BCUT2D eigenvalue weighted by atomic mass is 16.2. The number of nitrogens with zero attached hydrogens (tertiary/aromatic N) is 7. The Kier molecular flexibility index (Phi) is 10.7. The van der Waals surface area contributed by atoms with Crippen molar-refractivity contribution in [2.24, 2.45) is 30.7 Å². The molecule has 0 radical (unpaired) electrons. The van der Waals surface area contributed by atoms with Gasteiger partial charge in [0, 0.05) is 11.4 Å². The number of anilines is 2. The first-order valence-corrected chi connectivity index (χ1v) is 13.9. The van der Waals surface area contributed by atoms with Crippen molar-refractivity contribution >= 4 is 58.6 Å². The third-order valence-electron chi connectivity index (χ3n) is 5.84. The number of azo groups is 2. The number of rotatable bonds is 10. The van der Waals surface area contributed by atoms with Crippen LogP contribution < -0.4 is 21.5 Å². The number of amides is 4. The summed E-state index contributed by atoms with van der Waals surface area (Å²) in [7, 11) is 0. The maximum Gasteiger partial charge on any atom is 0.339 e. The van der Waals surface area contributed by atoms with Gasteiger partial charge in [-0.05, 0) is 84.9 Å². The van der Waals surface area contributed by atoms with E-state index >= 15 is 0 Å². The van der Waals surface area contributed by atoms with Gasteiger partial charge in [-0.25, -0.2) is 25.4 Å². The number of hydrogen-bond donors (Lipinski definition) is 4. The summed E-state index contributed by atoms with van der Waals surface area (Å²) >= 11 is 0. The van der Waals surface area contributed by atoms with E-state index in [1.165, 1.54) is 12.4 Å². The Morgan fingerprint density at radius 1 is 0.457 bits per heavy atom. The fourth-order valence-electron chi connectivity index (χ4n) is 3.69. The summed E-state index contributed by atoms with van der Waals surface area (Å²) in [6, 6.07) is 36.6. The summed E-state index contributed by atoms with van der Waals surface area (Å²) in [4.78, 5) is 28.8. The van der Waals surface area contributed by atoms with Crippen LogP contribution in [0.15, 0.2) is 158 Å². The second-order valence-electron chi connectivity index (χ2n) is 9.30. The predicted octanol–water partition coefficient (Wildman–Crippen LogP) is 8.22. The maximum absolute atomic E-state index is 12.2. The average molecular weight is 610 g/mol. The molecule has 226 valence electrons. The molecule has 0 saturated heterocycles. The van der Waals surface area contributed by atoms with Crippen molar-refractivity contribution < 1.29 is 9.59 Å². The number of urea groups is 2. The van der Waals surface area contributed by atoms with Gasteiger partial charge in [-0.1, -0.05) is 42.5 Å². The molecule has 4 amide bonds. The molecule has 0 bridgehead atoms. The van der Waals surface area contributed by atoms with Crippen LogP contribution in [0.2, 0.25) is 0 Å². The monoisotopic (exact) mass is 609 g/mol. The zero-order chi connectivity index (χ0) is 31.8. The van der Waals surface area contributed by atoms with Crippen LogP contribution in [-0.4, -0.2) is 29.5 Å². The molecule has 4 aromatic carbocycles. The number of hydrazone groups is 2. The van der Waals surface area contributed by atoms with Crippen LogP contribution in [0.5, 0.6) is 0 Å². The summed E-state index contributed by atoms with van der Waals surface area (Å²) in [5, 5.41) is 29.9. The van der Waals surface area contributed by atoms with Crippen LogP contribution in [0, 0.1) is 0 Å². The minimum Gasteiger partial charge on any atom is -0.307 e. The molecule has 0 aliphatic carbocycles. The number of aromatic nitrogens is 1. The van der Waals surface area contributed by atoms with Gasteiger partial charge in [0.25, 0.3) is 0 Å². The van der Waals surface area contributed by atoms with E-state index < -0.39 is 12.1 Å². The Morgan fingerprint density at radius 2 is 0.826 bits per heavy atom. The predicted molar refractivity (Wildman–Crippen MR) is 178 cm³/mol. The molecule has 1 aromatic heterocycles. The van der Waals surface area contributed by atoms with Crippen LogP contribution >= 0.6 is 0 Å². The van der Waals surface area contributed by atoms with Gasteiger partial charge in [0.05, 0.1) is 46.6 Å². The van der Waals surface area contributed by atoms with Crippen LogP contribution in [0.4, 0.5) is 43.7 Å². The second kappa shape index (κ2) is 16.1. The van der Waals surface area contributed by atoms with Gasteiger partial charge in [-0.3, -0.25) is 0 Å². The van der Waals surface area contributed by atoms with Gasteiger partial charge in [-0.15, -0.1) is 0 Å². The molecule has 46 heavy (non-hydrogen) atoms. The van der Waals surface area contributed by atoms with Gasteiger partial charge < -0.3 is 10.6 Å². The zero-order valence-corrected chi connectivity index (χ0v) is 24.2. The number of nitrogens with one attached hydrogen (secondary N) is 4. The Labute approximate surface area is 263 Å². The molecule has 5 rings (SSSR count). The van der Waals surface area contributed by atoms with Gasteiger partial charge in [0.2, 0.25) is 0 Å². The summed E-state index contributed by atoms with van der Waals surface area (Å²) in [5.74, 6) is 0. The molecule has 0 aliphatic rings. The number of carbonyl (C=O) groups is 2. The highest BCUT2D eigenvalue weighted by Crippen LogP contribution is 2.21. The third kappa shape index (κ3) is 10.1. The number of hydrogen-bond acceptors (Lipinski definition) is 9. The van der Waals surface area contributed by atoms with Crippen molar-refractivity contribution in [1.29, 1.82) is 0 Å². The molecule has 13 nitrogen and oxygen atoms in total. The van der Waals surface area contributed by atoms with Crippen molar-refractivity contribution in [1.82, 2.24) is 15.8 Å². The van der Waals surface area contributed by atoms with E-state index in [0.717, 1.165) is 11.4 Å². The smallest absolute Gasteiger partial charge is 0.307 e. The maximum atomic E-state index is 12.2.